The van der Waals surface area contributed by atoms with Crippen molar-refractivity contribution in [3.63, 3.8) is 0 Å². The lowest BCUT2D eigenvalue weighted by atomic mass is 9.90. The average molecular weight is 491 g/mol. The molecule has 34 heavy (non-hydrogen) atoms. The van der Waals surface area contributed by atoms with Gasteiger partial charge in [0.05, 0.1) is 22.9 Å². The fourth-order valence-electron chi connectivity index (χ4n) is 4.73. The zero-order chi connectivity index (χ0) is 24.1. The van der Waals surface area contributed by atoms with Gasteiger partial charge in [-0.15, -0.1) is 0 Å². The average Bonchev–Trinajstić information content (AvgIpc) is 3.62. The normalized spacial score (nSPS) is 22.3. The molecule has 0 amide bonds. The van der Waals surface area contributed by atoms with Gasteiger partial charge >= 0.3 is 0 Å². The maximum atomic E-state index is 14.5. The van der Waals surface area contributed by atoms with Gasteiger partial charge in [0.2, 0.25) is 0 Å². The van der Waals surface area contributed by atoms with E-state index in [-0.39, 0.29) is 11.4 Å². The van der Waals surface area contributed by atoms with Gasteiger partial charge < -0.3 is 25.4 Å². The summed E-state index contributed by atoms with van der Waals surface area (Å²) < 4.78 is 25.2. The van der Waals surface area contributed by atoms with Gasteiger partial charge in [-0.2, -0.15) is 0 Å². The van der Waals surface area contributed by atoms with E-state index in [2.05, 4.69) is 27.9 Å². The summed E-state index contributed by atoms with van der Waals surface area (Å²) in [4.78, 5) is 4.50. The largest absolute Gasteiger partial charge is 0.383 e. The third-order valence-corrected chi connectivity index (χ3v) is 7.29. The van der Waals surface area contributed by atoms with Crippen molar-refractivity contribution in [2.24, 2.45) is 0 Å². The van der Waals surface area contributed by atoms with E-state index in [1.54, 1.807) is 26.5 Å². The number of nitrogens with zero attached hydrogens (tertiary/aromatic N) is 1. The van der Waals surface area contributed by atoms with Crippen molar-refractivity contribution in [1.29, 1.82) is 0 Å². The molecule has 0 unspecified atom stereocenters. The van der Waals surface area contributed by atoms with Gasteiger partial charge in [0, 0.05) is 50.7 Å². The van der Waals surface area contributed by atoms with Crippen LogP contribution >= 0.6 is 11.6 Å². The highest BCUT2D eigenvalue weighted by atomic mass is 35.5. The van der Waals surface area contributed by atoms with E-state index >= 15 is 0 Å². The molecule has 1 heterocycles. The van der Waals surface area contributed by atoms with Crippen molar-refractivity contribution in [1.82, 2.24) is 10.3 Å². The van der Waals surface area contributed by atoms with Crippen molar-refractivity contribution in [3.8, 4) is 11.1 Å². The lowest BCUT2D eigenvalue weighted by molar-refractivity contribution is 0.0914. The van der Waals surface area contributed by atoms with E-state index in [4.69, 9.17) is 21.1 Å². The number of hydrogen-bond donors (Lipinski definition) is 3. The highest BCUT2D eigenvalue weighted by molar-refractivity contribution is 6.33. The number of halogens is 2. The predicted octanol–water partition coefficient (Wildman–Crippen LogP) is 5.48. The number of hydrogen-bond acceptors (Lipinski definition) is 6. The van der Waals surface area contributed by atoms with Crippen molar-refractivity contribution in [2.45, 2.75) is 69.2 Å². The van der Waals surface area contributed by atoms with E-state index in [1.165, 1.54) is 6.07 Å². The minimum Gasteiger partial charge on any atom is -0.383 e. The Bertz CT molecular complexity index is 964. The molecule has 2 aliphatic rings. The number of rotatable bonds is 11. The molecule has 0 spiro atoms. The Morgan fingerprint density at radius 1 is 1.15 bits per heavy atom. The molecule has 2 saturated carbocycles. The topological polar surface area (TPSA) is 67.4 Å². The molecular weight excluding hydrogens is 455 g/mol. The van der Waals surface area contributed by atoms with Gasteiger partial charge in [-0.1, -0.05) is 17.7 Å². The molecular formula is C26H36ClFN4O2. The highest BCUT2D eigenvalue weighted by Gasteiger charge is 2.42. The minimum atomic E-state index is -0.288. The number of pyridine rings is 1. The molecule has 1 aromatic carbocycles. The summed E-state index contributed by atoms with van der Waals surface area (Å²) in [6.07, 6.45) is 8.02. The van der Waals surface area contributed by atoms with E-state index in [0.717, 1.165) is 62.1 Å². The molecule has 1 aromatic heterocycles. The smallest absolute Gasteiger partial charge is 0.146 e. The maximum Gasteiger partial charge on any atom is 0.146 e. The van der Waals surface area contributed by atoms with Crippen LogP contribution in [0.2, 0.25) is 5.02 Å². The maximum absolute atomic E-state index is 14.5. The van der Waals surface area contributed by atoms with Crippen LogP contribution in [0.3, 0.4) is 0 Å². The molecule has 2 fully saturated rings. The van der Waals surface area contributed by atoms with Crippen LogP contribution in [0, 0.1) is 5.82 Å². The fourth-order valence-corrected chi connectivity index (χ4v) is 4.94. The first kappa shape index (κ1) is 25.2. The Morgan fingerprint density at radius 3 is 2.56 bits per heavy atom. The molecule has 6 nitrogen and oxygen atoms in total. The van der Waals surface area contributed by atoms with Gasteiger partial charge in [-0.25, -0.2) is 9.37 Å². The van der Waals surface area contributed by atoms with Crippen molar-refractivity contribution >= 4 is 23.1 Å². The van der Waals surface area contributed by atoms with Crippen LogP contribution < -0.4 is 16.0 Å². The van der Waals surface area contributed by atoms with Crippen LogP contribution in [0.4, 0.5) is 15.9 Å². The summed E-state index contributed by atoms with van der Waals surface area (Å²) in [6.45, 7) is 3.47. The van der Waals surface area contributed by atoms with Crippen LogP contribution in [0.5, 0.6) is 0 Å². The van der Waals surface area contributed by atoms with E-state index in [0.29, 0.717) is 35.4 Å². The van der Waals surface area contributed by atoms with E-state index < -0.39 is 0 Å². The Morgan fingerprint density at radius 2 is 1.88 bits per heavy atom. The Balaban J connectivity index is 1.39. The second-order valence-electron chi connectivity index (χ2n) is 9.70. The number of anilines is 2. The molecule has 186 valence electrons. The summed E-state index contributed by atoms with van der Waals surface area (Å²) in [6, 6.07) is 8.26. The molecule has 8 heteroatoms. The second kappa shape index (κ2) is 11.2. The summed E-state index contributed by atoms with van der Waals surface area (Å²) >= 11 is 6.50. The SMILES string of the molecule is COC[C@@H](C)N[C@H]1CC[C@H](Nc2cc(-c3ccc(F)c(NCC4(OC)CC4)c3)c(Cl)cn2)CC1. The zero-order valence-electron chi connectivity index (χ0n) is 20.3. The first-order valence-corrected chi connectivity index (χ1v) is 12.5. The van der Waals surface area contributed by atoms with Gasteiger partial charge in [-0.3, -0.25) is 0 Å². The first-order valence-electron chi connectivity index (χ1n) is 12.2. The summed E-state index contributed by atoms with van der Waals surface area (Å²) in [5.74, 6) is 0.503. The molecule has 3 N–H and O–H groups in total. The van der Waals surface area contributed by atoms with Gasteiger partial charge in [0.15, 0.2) is 0 Å². The predicted molar refractivity (Wildman–Crippen MR) is 136 cm³/mol. The molecule has 0 radical (unpaired) electrons. The molecule has 1 atom stereocenters. The van der Waals surface area contributed by atoms with Crippen LogP contribution in [-0.2, 0) is 9.47 Å². The monoisotopic (exact) mass is 490 g/mol. The van der Waals surface area contributed by atoms with Crippen LogP contribution in [-0.4, -0.2) is 56.1 Å². The molecule has 4 rings (SSSR count). The zero-order valence-corrected chi connectivity index (χ0v) is 21.1. The van der Waals surface area contributed by atoms with Crippen molar-refractivity contribution in [3.05, 3.63) is 41.3 Å². The Labute approximate surface area is 207 Å². The van der Waals surface area contributed by atoms with Gasteiger partial charge in [0.1, 0.15) is 11.6 Å². The van der Waals surface area contributed by atoms with Gasteiger partial charge in [-0.05, 0) is 69.2 Å². The summed E-state index contributed by atoms with van der Waals surface area (Å²) in [5, 5.41) is 11.0. The second-order valence-corrected chi connectivity index (χ2v) is 10.1. The number of methoxy groups -OCH3 is 2. The standard InChI is InChI=1S/C26H36ClFN4O2/c1-17(15-33-2)31-19-5-7-20(8-6-19)32-25-13-21(22(27)14-29-25)18-4-9-23(28)24(12-18)30-16-26(34-3)10-11-26/h4,9,12-14,17,19-20,30-31H,5-8,10-11,15-16H2,1-3H3,(H,29,32)/t17-,19-,20-/m1/s1. The molecule has 0 saturated heterocycles. The fraction of sp³-hybridized carbons (Fsp3) is 0.577. The third-order valence-electron chi connectivity index (χ3n) is 6.99. The van der Waals surface area contributed by atoms with E-state index in [1.807, 2.05) is 12.1 Å². The molecule has 0 bridgehead atoms. The first-order chi connectivity index (χ1) is 16.4. The molecule has 0 aliphatic heterocycles. The number of ether oxygens (including phenoxy) is 2. The van der Waals surface area contributed by atoms with Crippen molar-refractivity contribution < 1.29 is 13.9 Å². The van der Waals surface area contributed by atoms with Crippen molar-refractivity contribution in [2.75, 3.05) is 38.0 Å². The van der Waals surface area contributed by atoms with E-state index in [9.17, 15) is 4.39 Å². The minimum absolute atomic E-state index is 0.163. The summed E-state index contributed by atoms with van der Waals surface area (Å²) in [7, 11) is 3.44. The lowest BCUT2D eigenvalue weighted by Crippen LogP contribution is -2.42. The molecule has 2 aliphatic carbocycles. The lowest BCUT2D eigenvalue weighted by Gasteiger charge is -2.32. The Kier molecular flexibility index (Phi) is 8.30. The van der Waals surface area contributed by atoms with Crippen LogP contribution in [0.15, 0.2) is 30.5 Å². The van der Waals surface area contributed by atoms with Gasteiger partial charge in [0.25, 0.3) is 0 Å². The number of nitrogens with one attached hydrogen (secondary N) is 3. The third kappa shape index (κ3) is 6.39. The number of benzene rings is 1. The summed E-state index contributed by atoms with van der Waals surface area (Å²) in [5.41, 5.74) is 1.97. The van der Waals surface area contributed by atoms with Crippen LogP contribution in [0.25, 0.3) is 11.1 Å². The number of aromatic nitrogens is 1. The highest BCUT2D eigenvalue weighted by Crippen LogP contribution is 2.39. The molecule has 2 aromatic rings. The quantitative estimate of drug-likeness (QED) is 0.387. The Hall–Kier alpha value is -1.93. The van der Waals surface area contributed by atoms with Crippen LogP contribution in [0.1, 0.15) is 45.4 Å².